The number of benzene rings is 1. The van der Waals surface area contributed by atoms with E-state index >= 15 is 0 Å². The zero-order chi connectivity index (χ0) is 7.84. The lowest BCUT2D eigenvalue weighted by Crippen LogP contribution is -1.67. The standard InChI is InChI=1S/C7H4INO2/c8-7-9-4-2-1-3-5(10)6(4)11-7/h1-3,10H. The van der Waals surface area contributed by atoms with Gasteiger partial charge in [-0.05, 0) is 12.1 Å². The summed E-state index contributed by atoms with van der Waals surface area (Å²) in [4.78, 5) is 4.03. The number of fused-ring (bicyclic) bond motifs is 1. The molecule has 0 aliphatic rings. The van der Waals surface area contributed by atoms with Crippen LogP contribution in [0.15, 0.2) is 22.6 Å². The van der Waals surface area contributed by atoms with Gasteiger partial charge in [-0.25, -0.2) is 4.98 Å². The lowest BCUT2D eigenvalue weighted by molar-refractivity contribution is 0.460. The van der Waals surface area contributed by atoms with Gasteiger partial charge in [0.15, 0.2) is 11.3 Å². The summed E-state index contributed by atoms with van der Waals surface area (Å²) in [6, 6.07) is 5.10. The molecule has 0 amide bonds. The van der Waals surface area contributed by atoms with Gasteiger partial charge in [0.05, 0.1) is 0 Å². The minimum atomic E-state index is 0.137. The molecule has 2 rings (SSSR count). The van der Waals surface area contributed by atoms with Crippen molar-refractivity contribution in [1.29, 1.82) is 0 Å². The highest BCUT2D eigenvalue weighted by atomic mass is 127. The maximum Gasteiger partial charge on any atom is 0.258 e. The molecule has 11 heavy (non-hydrogen) atoms. The van der Waals surface area contributed by atoms with E-state index in [0.717, 1.165) is 0 Å². The van der Waals surface area contributed by atoms with Gasteiger partial charge < -0.3 is 9.52 Å². The first-order valence-electron chi connectivity index (χ1n) is 3.01. The van der Waals surface area contributed by atoms with E-state index in [4.69, 9.17) is 4.42 Å². The Morgan fingerprint density at radius 3 is 3.00 bits per heavy atom. The number of nitrogens with zero attached hydrogens (tertiary/aromatic N) is 1. The van der Waals surface area contributed by atoms with E-state index in [1.54, 1.807) is 18.2 Å². The second-order valence-corrected chi connectivity index (χ2v) is 3.02. The SMILES string of the molecule is Oc1cccc2nc(I)oc12. The highest BCUT2D eigenvalue weighted by Crippen LogP contribution is 2.25. The van der Waals surface area contributed by atoms with Crippen molar-refractivity contribution < 1.29 is 9.52 Å². The Hall–Kier alpha value is -0.780. The normalized spacial score (nSPS) is 10.6. The molecule has 4 heteroatoms. The van der Waals surface area contributed by atoms with Crippen LogP contribution in [0, 0.1) is 3.90 Å². The third-order valence-corrected chi connectivity index (χ3v) is 1.83. The monoisotopic (exact) mass is 261 g/mol. The number of oxazole rings is 1. The molecule has 0 aliphatic heterocycles. The van der Waals surface area contributed by atoms with Crippen LogP contribution >= 0.6 is 22.6 Å². The summed E-state index contributed by atoms with van der Waals surface area (Å²) in [5.41, 5.74) is 1.14. The number of aromatic hydroxyl groups is 1. The number of phenolic OH excluding ortho intramolecular Hbond substituents is 1. The molecule has 0 aliphatic carbocycles. The summed E-state index contributed by atoms with van der Waals surface area (Å²) >= 11 is 1.96. The van der Waals surface area contributed by atoms with Crippen LogP contribution < -0.4 is 0 Å². The van der Waals surface area contributed by atoms with E-state index in [2.05, 4.69) is 4.98 Å². The van der Waals surface area contributed by atoms with Gasteiger partial charge in [-0.1, -0.05) is 6.07 Å². The molecular formula is C7H4INO2. The molecule has 0 saturated carbocycles. The van der Waals surface area contributed by atoms with E-state index in [0.29, 0.717) is 15.0 Å². The first kappa shape index (κ1) is 6.90. The lowest BCUT2D eigenvalue weighted by Gasteiger charge is -1.88. The number of rotatable bonds is 0. The molecular weight excluding hydrogens is 257 g/mol. The minimum Gasteiger partial charge on any atom is -0.504 e. The fraction of sp³-hybridized carbons (Fsp3) is 0. The van der Waals surface area contributed by atoms with E-state index in [1.807, 2.05) is 22.6 Å². The van der Waals surface area contributed by atoms with Crippen LogP contribution in [0.2, 0.25) is 0 Å². The van der Waals surface area contributed by atoms with Gasteiger partial charge in [-0.15, -0.1) is 0 Å². The average Bonchev–Trinajstić information content (AvgIpc) is 2.31. The van der Waals surface area contributed by atoms with Crippen molar-refractivity contribution in [2.75, 3.05) is 0 Å². The van der Waals surface area contributed by atoms with Gasteiger partial charge in [0.2, 0.25) is 0 Å². The van der Waals surface area contributed by atoms with Crippen LogP contribution in [-0.2, 0) is 0 Å². The van der Waals surface area contributed by atoms with Crippen molar-refractivity contribution in [3.8, 4) is 5.75 Å². The maximum atomic E-state index is 9.25. The Balaban J connectivity index is 2.90. The highest BCUT2D eigenvalue weighted by Gasteiger charge is 2.05. The van der Waals surface area contributed by atoms with Gasteiger partial charge in [-0.2, -0.15) is 0 Å². The van der Waals surface area contributed by atoms with E-state index < -0.39 is 0 Å². The Morgan fingerprint density at radius 1 is 1.45 bits per heavy atom. The molecule has 0 fully saturated rings. The molecule has 0 saturated heterocycles. The number of para-hydroxylation sites is 1. The topological polar surface area (TPSA) is 46.3 Å². The van der Waals surface area contributed by atoms with Gasteiger partial charge in [0.25, 0.3) is 3.90 Å². The molecule has 3 nitrogen and oxygen atoms in total. The number of hydrogen-bond acceptors (Lipinski definition) is 3. The number of phenols is 1. The largest absolute Gasteiger partial charge is 0.504 e. The fourth-order valence-electron chi connectivity index (χ4n) is 0.907. The predicted octanol–water partition coefficient (Wildman–Crippen LogP) is 2.14. The first-order valence-corrected chi connectivity index (χ1v) is 4.09. The summed E-state index contributed by atoms with van der Waals surface area (Å²) in [6.07, 6.45) is 0. The van der Waals surface area contributed by atoms with E-state index in [9.17, 15) is 5.11 Å². The Labute approximate surface area is 76.2 Å². The number of halogens is 1. The molecule has 1 aromatic carbocycles. The van der Waals surface area contributed by atoms with Crippen molar-refractivity contribution in [2.24, 2.45) is 0 Å². The smallest absolute Gasteiger partial charge is 0.258 e. The summed E-state index contributed by atoms with van der Waals surface area (Å²) in [5.74, 6) is 0.137. The molecule has 0 unspecified atom stereocenters. The summed E-state index contributed by atoms with van der Waals surface area (Å²) < 4.78 is 5.67. The molecule has 0 spiro atoms. The highest BCUT2D eigenvalue weighted by molar-refractivity contribution is 14.1. The predicted molar refractivity (Wildman–Crippen MR) is 48.4 cm³/mol. The Bertz CT molecular complexity index is 396. The van der Waals surface area contributed by atoms with E-state index in [1.165, 1.54) is 0 Å². The van der Waals surface area contributed by atoms with Crippen LogP contribution in [-0.4, -0.2) is 10.1 Å². The molecule has 0 bridgehead atoms. The zero-order valence-electron chi connectivity index (χ0n) is 5.41. The summed E-state index contributed by atoms with van der Waals surface area (Å²) in [7, 11) is 0. The maximum absolute atomic E-state index is 9.25. The van der Waals surface area contributed by atoms with Crippen molar-refractivity contribution in [3.63, 3.8) is 0 Å². The van der Waals surface area contributed by atoms with Crippen molar-refractivity contribution in [3.05, 3.63) is 22.1 Å². The molecule has 0 atom stereocenters. The Morgan fingerprint density at radius 2 is 2.27 bits per heavy atom. The van der Waals surface area contributed by atoms with Gasteiger partial charge in [0, 0.05) is 22.6 Å². The first-order chi connectivity index (χ1) is 5.27. The van der Waals surface area contributed by atoms with Gasteiger partial charge in [0.1, 0.15) is 5.52 Å². The molecule has 1 N–H and O–H groups in total. The lowest BCUT2D eigenvalue weighted by atomic mass is 10.3. The minimum absolute atomic E-state index is 0.137. The third kappa shape index (κ3) is 1.07. The molecule has 2 aromatic rings. The fourth-order valence-corrected chi connectivity index (χ4v) is 1.39. The van der Waals surface area contributed by atoms with Crippen LogP contribution in [0.1, 0.15) is 0 Å². The van der Waals surface area contributed by atoms with Crippen molar-refractivity contribution >= 4 is 33.7 Å². The third-order valence-electron chi connectivity index (χ3n) is 1.37. The van der Waals surface area contributed by atoms with Crippen molar-refractivity contribution in [2.45, 2.75) is 0 Å². The van der Waals surface area contributed by atoms with Gasteiger partial charge in [-0.3, -0.25) is 0 Å². The molecule has 1 aromatic heterocycles. The van der Waals surface area contributed by atoms with Crippen LogP contribution in [0.5, 0.6) is 5.75 Å². The van der Waals surface area contributed by atoms with Crippen LogP contribution in [0.25, 0.3) is 11.1 Å². The Kier molecular flexibility index (Phi) is 1.49. The van der Waals surface area contributed by atoms with E-state index in [-0.39, 0.29) is 5.75 Å². The molecule has 0 radical (unpaired) electrons. The summed E-state index contributed by atoms with van der Waals surface area (Å²) in [5, 5.41) is 9.25. The van der Waals surface area contributed by atoms with Crippen molar-refractivity contribution in [1.82, 2.24) is 4.98 Å². The number of hydrogen-bond donors (Lipinski definition) is 1. The molecule has 1 heterocycles. The quantitative estimate of drug-likeness (QED) is 0.739. The zero-order valence-corrected chi connectivity index (χ0v) is 7.57. The molecule has 56 valence electrons. The van der Waals surface area contributed by atoms with Crippen LogP contribution in [0.4, 0.5) is 0 Å². The summed E-state index contributed by atoms with van der Waals surface area (Å²) in [6.45, 7) is 0. The second-order valence-electron chi connectivity index (χ2n) is 2.09. The number of aromatic nitrogens is 1. The van der Waals surface area contributed by atoms with Crippen LogP contribution in [0.3, 0.4) is 0 Å². The van der Waals surface area contributed by atoms with Gasteiger partial charge >= 0.3 is 0 Å². The second kappa shape index (κ2) is 2.37. The average molecular weight is 261 g/mol.